The van der Waals surface area contributed by atoms with Gasteiger partial charge in [0.1, 0.15) is 0 Å². The number of halogens is 1. The summed E-state index contributed by atoms with van der Waals surface area (Å²) in [5, 5.41) is -0.624. The lowest BCUT2D eigenvalue weighted by molar-refractivity contribution is 0.0627. The summed E-state index contributed by atoms with van der Waals surface area (Å²) in [5.74, 6) is -0.820. The molecule has 1 aliphatic heterocycles. The average molecular weight is 492 g/mol. The maximum Gasteiger partial charge on any atom is 0.262 e. The molecule has 1 heterocycles. The minimum absolute atomic E-state index is 0.0676. The maximum absolute atomic E-state index is 12.9. The molecule has 8 heteroatoms. The monoisotopic (exact) mass is 491 g/mol. The van der Waals surface area contributed by atoms with Crippen LogP contribution in [0.25, 0.3) is 0 Å². The molecule has 0 aliphatic carbocycles. The highest BCUT2D eigenvalue weighted by Gasteiger charge is 2.40. The molecule has 2 aromatic rings. The van der Waals surface area contributed by atoms with Gasteiger partial charge in [0, 0.05) is 16.5 Å². The van der Waals surface area contributed by atoms with Crippen molar-refractivity contribution in [3.8, 4) is 0 Å². The smallest absolute Gasteiger partial charge is 0.262 e. The van der Waals surface area contributed by atoms with Gasteiger partial charge in [-0.25, -0.2) is 0 Å². The third kappa shape index (κ3) is 4.94. The van der Waals surface area contributed by atoms with Crippen molar-refractivity contribution in [3.05, 3.63) is 69.7 Å². The predicted octanol–water partition coefficient (Wildman–Crippen LogP) is 5.09. The molecule has 29 heavy (non-hydrogen) atoms. The van der Waals surface area contributed by atoms with E-state index in [1.807, 2.05) is 0 Å². The number of amides is 2. The molecule has 2 amide bonds. The summed E-state index contributed by atoms with van der Waals surface area (Å²) in [6.07, 6.45) is 0.444. The number of fused-ring (bicyclic) bond motifs is 1. The molecule has 0 saturated heterocycles. The number of thiocarbonyl (C=S) groups is 1. The summed E-state index contributed by atoms with van der Waals surface area (Å²) in [7, 11) is 0. The number of hydrogen-bond donors (Lipinski definition) is 0. The van der Waals surface area contributed by atoms with E-state index in [1.54, 1.807) is 55.5 Å². The Morgan fingerprint density at radius 1 is 1.10 bits per heavy atom. The van der Waals surface area contributed by atoms with E-state index in [9.17, 15) is 14.4 Å². The summed E-state index contributed by atoms with van der Waals surface area (Å²) < 4.78 is 6.46. The highest BCUT2D eigenvalue weighted by Crippen LogP contribution is 2.32. The first-order valence-electron chi connectivity index (χ1n) is 9.01. The summed E-state index contributed by atoms with van der Waals surface area (Å²) in [4.78, 5) is 39.5. The van der Waals surface area contributed by atoms with Crippen molar-refractivity contribution in [1.82, 2.24) is 4.90 Å². The number of nitrogens with zero attached hydrogens (tertiary/aromatic N) is 1. The van der Waals surface area contributed by atoms with Crippen molar-refractivity contribution in [3.63, 3.8) is 0 Å². The van der Waals surface area contributed by atoms with Crippen LogP contribution in [-0.4, -0.2) is 38.9 Å². The molecule has 150 valence electrons. The first-order chi connectivity index (χ1) is 13.9. The van der Waals surface area contributed by atoms with E-state index in [2.05, 4.69) is 15.9 Å². The Kier molecular flexibility index (Phi) is 7.21. The van der Waals surface area contributed by atoms with Crippen LogP contribution in [0.1, 0.15) is 50.8 Å². The Bertz CT molecular complexity index is 926. The fraction of sp³-hybridized carbons (Fsp3) is 0.238. The quantitative estimate of drug-likeness (QED) is 0.305. The minimum Gasteiger partial charge on any atom is -0.479 e. The average Bonchev–Trinajstić information content (AvgIpc) is 2.96. The zero-order valence-electron chi connectivity index (χ0n) is 15.6. The summed E-state index contributed by atoms with van der Waals surface area (Å²) in [6.45, 7) is 2.19. The van der Waals surface area contributed by atoms with Crippen LogP contribution in [0, 0.1) is 0 Å². The van der Waals surface area contributed by atoms with Gasteiger partial charge in [-0.1, -0.05) is 52.0 Å². The summed E-state index contributed by atoms with van der Waals surface area (Å²) in [6, 6.07) is 13.8. The standard InChI is InChI=1S/C21H18BrNO4S2/c1-2-27-21(28)29-18(12-11-17(24)13-7-9-14(22)10-8-13)23-19(25)15-5-3-4-6-16(15)20(23)26/h3-10,18H,2,11-12H2,1H3. The van der Waals surface area contributed by atoms with E-state index < -0.39 is 5.37 Å². The van der Waals surface area contributed by atoms with Crippen molar-refractivity contribution in [1.29, 1.82) is 0 Å². The third-order valence-corrected chi connectivity index (χ3v) is 6.36. The van der Waals surface area contributed by atoms with Gasteiger partial charge in [-0.3, -0.25) is 19.3 Å². The molecule has 1 atom stereocenters. The van der Waals surface area contributed by atoms with Crippen molar-refractivity contribution < 1.29 is 19.1 Å². The van der Waals surface area contributed by atoms with Crippen LogP contribution in [0.2, 0.25) is 0 Å². The van der Waals surface area contributed by atoms with Gasteiger partial charge in [-0.05, 0) is 49.8 Å². The summed E-state index contributed by atoms with van der Waals surface area (Å²) >= 11 is 9.68. The highest BCUT2D eigenvalue weighted by molar-refractivity contribution is 9.10. The zero-order valence-corrected chi connectivity index (χ0v) is 18.8. The van der Waals surface area contributed by atoms with Gasteiger partial charge in [0.25, 0.3) is 11.8 Å². The highest BCUT2D eigenvalue weighted by atomic mass is 79.9. The lowest BCUT2D eigenvalue weighted by Crippen LogP contribution is -2.39. The van der Waals surface area contributed by atoms with Crippen molar-refractivity contribution in [2.45, 2.75) is 25.1 Å². The Balaban J connectivity index is 1.79. The van der Waals surface area contributed by atoms with Gasteiger partial charge in [0.2, 0.25) is 4.38 Å². The Morgan fingerprint density at radius 3 is 2.24 bits per heavy atom. The predicted molar refractivity (Wildman–Crippen MR) is 120 cm³/mol. The van der Waals surface area contributed by atoms with Gasteiger partial charge in [0.05, 0.1) is 23.1 Å². The fourth-order valence-corrected chi connectivity index (χ4v) is 4.66. The van der Waals surface area contributed by atoms with Crippen LogP contribution in [0.3, 0.4) is 0 Å². The largest absolute Gasteiger partial charge is 0.479 e. The molecule has 0 fully saturated rings. The van der Waals surface area contributed by atoms with E-state index in [0.29, 0.717) is 23.3 Å². The second kappa shape index (κ2) is 9.65. The van der Waals surface area contributed by atoms with Crippen LogP contribution >= 0.6 is 39.9 Å². The van der Waals surface area contributed by atoms with E-state index in [0.717, 1.165) is 16.2 Å². The number of ketones is 1. The number of carbonyl (C=O) groups is 3. The number of ether oxygens (including phenoxy) is 1. The molecule has 0 radical (unpaired) electrons. The number of thioether (sulfide) groups is 1. The SMILES string of the molecule is CCOC(=S)SC(CCC(=O)c1ccc(Br)cc1)N1C(=O)c2ccccc2C1=O. The molecule has 5 nitrogen and oxygen atoms in total. The molecule has 2 aromatic carbocycles. The Labute approximate surface area is 186 Å². The van der Waals surface area contributed by atoms with Crippen LogP contribution in [-0.2, 0) is 4.74 Å². The second-order valence-electron chi connectivity index (χ2n) is 6.25. The number of hydrogen-bond acceptors (Lipinski definition) is 6. The van der Waals surface area contributed by atoms with Gasteiger partial charge < -0.3 is 4.74 Å². The maximum atomic E-state index is 12.9. The number of benzene rings is 2. The molecule has 3 rings (SSSR count). The second-order valence-corrected chi connectivity index (χ2v) is 8.95. The minimum atomic E-state index is -0.624. The lowest BCUT2D eigenvalue weighted by Gasteiger charge is -2.25. The molecule has 0 saturated carbocycles. The molecule has 0 N–H and O–H groups in total. The molecule has 1 aliphatic rings. The van der Waals surface area contributed by atoms with Crippen LogP contribution in [0.5, 0.6) is 0 Å². The van der Waals surface area contributed by atoms with Crippen LogP contribution < -0.4 is 0 Å². The first-order valence-corrected chi connectivity index (χ1v) is 11.1. The van der Waals surface area contributed by atoms with Gasteiger partial charge >= 0.3 is 0 Å². The zero-order chi connectivity index (χ0) is 21.0. The lowest BCUT2D eigenvalue weighted by atomic mass is 10.1. The normalized spacial score (nSPS) is 13.9. The number of rotatable bonds is 7. The molecular formula is C21H18BrNO4S2. The van der Waals surface area contributed by atoms with E-state index in [1.165, 1.54) is 4.90 Å². The van der Waals surface area contributed by atoms with Crippen LogP contribution in [0.15, 0.2) is 53.0 Å². The van der Waals surface area contributed by atoms with E-state index in [4.69, 9.17) is 17.0 Å². The Hall–Kier alpha value is -2.03. The van der Waals surface area contributed by atoms with Crippen LogP contribution in [0.4, 0.5) is 0 Å². The molecular weight excluding hydrogens is 474 g/mol. The van der Waals surface area contributed by atoms with Crippen molar-refractivity contribution >= 4 is 61.9 Å². The van der Waals surface area contributed by atoms with Gasteiger partial charge in [0.15, 0.2) is 5.78 Å². The molecule has 1 unspecified atom stereocenters. The first kappa shape index (κ1) is 21.7. The topological polar surface area (TPSA) is 63.7 Å². The van der Waals surface area contributed by atoms with Crippen molar-refractivity contribution in [2.24, 2.45) is 0 Å². The number of carbonyl (C=O) groups excluding carboxylic acids is 3. The molecule has 0 bridgehead atoms. The van der Waals surface area contributed by atoms with Gasteiger partial charge in [-0.2, -0.15) is 0 Å². The van der Waals surface area contributed by atoms with E-state index >= 15 is 0 Å². The third-order valence-electron chi connectivity index (χ3n) is 4.39. The van der Waals surface area contributed by atoms with Gasteiger partial charge in [-0.15, -0.1) is 0 Å². The van der Waals surface area contributed by atoms with E-state index in [-0.39, 0.29) is 34.8 Å². The molecule has 0 spiro atoms. The fourth-order valence-electron chi connectivity index (χ4n) is 3.01. The van der Waals surface area contributed by atoms with Crippen molar-refractivity contribution in [2.75, 3.05) is 6.61 Å². The Morgan fingerprint density at radius 2 is 1.69 bits per heavy atom. The molecule has 0 aromatic heterocycles. The number of imide groups is 1. The summed E-state index contributed by atoms with van der Waals surface area (Å²) in [5.41, 5.74) is 1.31. The number of Topliss-reactive ketones (excluding diaryl/α,β-unsaturated/α-hetero) is 1.